The van der Waals surface area contributed by atoms with Gasteiger partial charge < -0.3 is 35.3 Å². The van der Waals surface area contributed by atoms with Crippen LogP contribution in [0.3, 0.4) is 0 Å². The van der Waals surface area contributed by atoms with Crippen LogP contribution in [0.1, 0.15) is 46.1 Å². The maximum Gasteiger partial charge on any atom is 0.348 e. The van der Waals surface area contributed by atoms with E-state index >= 15 is 0 Å². The number of rotatable bonds is 8. The number of hydrogen-bond acceptors (Lipinski definition) is 10. The zero-order chi connectivity index (χ0) is 29.3. The van der Waals surface area contributed by atoms with Crippen LogP contribution in [0.25, 0.3) is 11.4 Å². The molecule has 3 atom stereocenters. The molecule has 15 heteroatoms. The molecule has 0 aromatic carbocycles. The molecule has 0 bridgehead atoms. The van der Waals surface area contributed by atoms with Crippen molar-refractivity contribution in [1.29, 1.82) is 0 Å². The number of nitrogens with zero attached hydrogens (tertiary/aromatic N) is 5. The molecular formula is C26H32Cl2N8O4S. The van der Waals surface area contributed by atoms with Crippen molar-refractivity contribution in [2.75, 3.05) is 49.1 Å². The summed E-state index contributed by atoms with van der Waals surface area (Å²) in [6.07, 6.45) is 3.44. The van der Waals surface area contributed by atoms with Gasteiger partial charge in [-0.15, -0.1) is 0 Å². The van der Waals surface area contributed by atoms with Gasteiger partial charge in [-0.2, -0.15) is 0 Å². The number of carboxylic acid groups (broad SMARTS) is 1. The minimum atomic E-state index is -1.08. The monoisotopic (exact) mass is 622 g/mol. The molecule has 0 unspecified atom stereocenters. The first-order valence-electron chi connectivity index (χ1n) is 13.4. The first-order valence-corrected chi connectivity index (χ1v) is 15.0. The number of ether oxygens (including phenoxy) is 1. The highest BCUT2D eigenvalue weighted by molar-refractivity contribution is 7.17. The normalized spacial score (nSPS) is 21.2. The SMILES string of the molecule is CCO[C@H]1CN(c2nc(-c3cnc(N4CCN[C@H](C)C4)cn3)c(C(=O)O)s2)CC[C@H]1NC(=O)c1[nH]c(C)c(Cl)c1Cl. The van der Waals surface area contributed by atoms with Gasteiger partial charge in [0, 0.05) is 51.1 Å². The van der Waals surface area contributed by atoms with Crippen LogP contribution >= 0.6 is 34.5 Å². The molecule has 0 saturated carbocycles. The van der Waals surface area contributed by atoms with Crippen LogP contribution in [0.5, 0.6) is 0 Å². The fourth-order valence-corrected chi connectivity index (χ4v) is 6.48. The predicted molar refractivity (Wildman–Crippen MR) is 159 cm³/mol. The molecule has 5 heterocycles. The smallest absolute Gasteiger partial charge is 0.348 e. The summed E-state index contributed by atoms with van der Waals surface area (Å²) < 4.78 is 5.99. The molecule has 2 fully saturated rings. The first kappa shape index (κ1) is 29.5. The molecule has 220 valence electrons. The van der Waals surface area contributed by atoms with E-state index in [2.05, 4.69) is 42.4 Å². The number of halogens is 2. The van der Waals surface area contributed by atoms with Crippen LogP contribution in [-0.4, -0.2) is 94.4 Å². The summed E-state index contributed by atoms with van der Waals surface area (Å²) in [4.78, 5) is 46.1. The number of aromatic amines is 1. The Morgan fingerprint density at radius 1 is 1.20 bits per heavy atom. The van der Waals surface area contributed by atoms with Crippen LogP contribution in [0.2, 0.25) is 10.0 Å². The van der Waals surface area contributed by atoms with Gasteiger partial charge in [0.05, 0.1) is 34.6 Å². The standard InChI is InChI=1S/C26H32Cl2N8O4S/c1-4-40-17-12-36(7-5-15(17)33-24(37)22-20(28)19(27)14(3)32-22)26-34-21(23(41-26)25(38)39)16-9-31-18(10-30-16)35-8-6-29-13(2)11-35/h9-10,13,15,17,29,32H,4-8,11-12H2,1-3H3,(H,33,37)(H,38,39)/t13-,15-,17+/m1/s1. The summed E-state index contributed by atoms with van der Waals surface area (Å²) in [5.41, 5.74) is 1.50. The number of amides is 1. The van der Waals surface area contributed by atoms with E-state index in [1.807, 2.05) is 11.8 Å². The van der Waals surface area contributed by atoms with E-state index in [9.17, 15) is 14.7 Å². The van der Waals surface area contributed by atoms with E-state index < -0.39 is 5.97 Å². The molecule has 4 N–H and O–H groups in total. The summed E-state index contributed by atoms with van der Waals surface area (Å²) in [5, 5.41) is 17.4. The van der Waals surface area contributed by atoms with Crippen LogP contribution in [0.4, 0.5) is 10.9 Å². The third-order valence-electron chi connectivity index (χ3n) is 7.19. The largest absolute Gasteiger partial charge is 0.477 e. The van der Waals surface area contributed by atoms with Crippen molar-refractivity contribution in [3.63, 3.8) is 0 Å². The highest BCUT2D eigenvalue weighted by Crippen LogP contribution is 2.35. The lowest BCUT2D eigenvalue weighted by molar-refractivity contribution is 0.0272. The number of carbonyl (C=O) groups is 2. The summed E-state index contributed by atoms with van der Waals surface area (Å²) >= 11 is 13.5. The lowest BCUT2D eigenvalue weighted by atomic mass is 10.0. The Kier molecular flexibility index (Phi) is 9.00. The number of H-pyrrole nitrogens is 1. The fraction of sp³-hybridized carbons (Fsp3) is 0.500. The lowest BCUT2D eigenvalue weighted by Crippen LogP contribution is -2.55. The number of carbonyl (C=O) groups excluding carboxylic acids is 1. The van der Waals surface area contributed by atoms with E-state index in [1.54, 1.807) is 19.3 Å². The molecule has 12 nitrogen and oxygen atoms in total. The third kappa shape index (κ3) is 6.28. The topological polar surface area (TPSA) is 149 Å². The Hall–Kier alpha value is -2.97. The van der Waals surface area contributed by atoms with Gasteiger partial charge in [0.1, 0.15) is 27.8 Å². The molecule has 0 spiro atoms. The molecule has 0 aliphatic carbocycles. The third-order valence-corrected chi connectivity index (χ3v) is 9.24. The number of piperazine rings is 1. The molecule has 5 rings (SSSR count). The molecule has 1 amide bonds. The van der Waals surface area contributed by atoms with Crippen LogP contribution in [-0.2, 0) is 4.74 Å². The second-order valence-electron chi connectivity index (χ2n) is 10.1. The number of nitrogens with one attached hydrogen (secondary N) is 3. The van der Waals surface area contributed by atoms with E-state index in [0.717, 1.165) is 36.8 Å². The van der Waals surface area contributed by atoms with E-state index in [1.165, 1.54) is 0 Å². The average Bonchev–Trinajstić information content (AvgIpc) is 3.52. The van der Waals surface area contributed by atoms with Crippen molar-refractivity contribution in [3.8, 4) is 11.4 Å². The number of aromatic carboxylic acids is 1. The minimum absolute atomic E-state index is 0.0925. The van der Waals surface area contributed by atoms with E-state index in [4.69, 9.17) is 27.9 Å². The van der Waals surface area contributed by atoms with Gasteiger partial charge in [0.2, 0.25) is 0 Å². The zero-order valence-electron chi connectivity index (χ0n) is 22.9. The predicted octanol–water partition coefficient (Wildman–Crippen LogP) is 3.45. The lowest BCUT2D eigenvalue weighted by Gasteiger charge is -2.38. The number of hydrogen-bond donors (Lipinski definition) is 4. The summed E-state index contributed by atoms with van der Waals surface area (Å²) in [6, 6.07) is 0.0542. The highest BCUT2D eigenvalue weighted by atomic mass is 35.5. The Morgan fingerprint density at radius 2 is 2.00 bits per heavy atom. The van der Waals surface area contributed by atoms with Gasteiger partial charge in [0.25, 0.3) is 5.91 Å². The van der Waals surface area contributed by atoms with Gasteiger partial charge >= 0.3 is 5.97 Å². The molecule has 0 radical (unpaired) electrons. The van der Waals surface area contributed by atoms with Gasteiger partial charge in [-0.25, -0.2) is 19.7 Å². The van der Waals surface area contributed by atoms with Crippen LogP contribution in [0, 0.1) is 6.92 Å². The summed E-state index contributed by atoms with van der Waals surface area (Å²) in [7, 11) is 0. The van der Waals surface area contributed by atoms with Crippen molar-refractivity contribution in [2.24, 2.45) is 0 Å². The number of anilines is 2. The molecule has 2 aliphatic heterocycles. The van der Waals surface area contributed by atoms with Gasteiger partial charge in [-0.05, 0) is 27.2 Å². The molecular weight excluding hydrogens is 591 g/mol. The first-order chi connectivity index (χ1) is 19.7. The summed E-state index contributed by atoms with van der Waals surface area (Å²) in [5.74, 6) is -0.697. The van der Waals surface area contributed by atoms with Crippen molar-refractivity contribution in [2.45, 2.75) is 45.4 Å². The number of carboxylic acids is 1. The molecule has 3 aromatic heterocycles. The van der Waals surface area contributed by atoms with Crippen LogP contribution < -0.4 is 20.4 Å². The maximum atomic E-state index is 13.0. The van der Waals surface area contributed by atoms with Crippen molar-refractivity contribution >= 4 is 57.4 Å². The molecule has 41 heavy (non-hydrogen) atoms. The summed E-state index contributed by atoms with van der Waals surface area (Å²) in [6.45, 7) is 9.63. The van der Waals surface area contributed by atoms with Crippen molar-refractivity contribution in [1.82, 2.24) is 30.6 Å². The second kappa shape index (κ2) is 12.5. The number of thiazole rings is 1. The van der Waals surface area contributed by atoms with Gasteiger partial charge in [-0.1, -0.05) is 34.5 Å². The average molecular weight is 624 g/mol. The Balaban J connectivity index is 1.32. The van der Waals surface area contributed by atoms with Gasteiger partial charge in [-0.3, -0.25) is 4.79 Å². The number of piperidine rings is 1. The molecule has 2 saturated heterocycles. The van der Waals surface area contributed by atoms with E-state index in [-0.39, 0.29) is 39.3 Å². The Morgan fingerprint density at radius 3 is 2.63 bits per heavy atom. The maximum absolute atomic E-state index is 13.0. The van der Waals surface area contributed by atoms with Crippen molar-refractivity contribution < 1.29 is 19.4 Å². The zero-order valence-corrected chi connectivity index (χ0v) is 25.2. The van der Waals surface area contributed by atoms with Crippen LogP contribution in [0.15, 0.2) is 12.4 Å². The Labute approximate surface area is 251 Å². The quantitative estimate of drug-likeness (QED) is 0.294. The molecule has 2 aliphatic rings. The van der Waals surface area contributed by atoms with Gasteiger partial charge in [0.15, 0.2) is 5.13 Å². The minimum Gasteiger partial charge on any atom is -0.477 e. The number of aromatic nitrogens is 4. The highest BCUT2D eigenvalue weighted by Gasteiger charge is 2.34. The Bertz CT molecular complexity index is 1420. The molecule has 3 aromatic rings. The van der Waals surface area contributed by atoms with Crippen molar-refractivity contribution in [3.05, 3.63) is 38.7 Å². The fourth-order valence-electron chi connectivity index (χ4n) is 5.12. The van der Waals surface area contributed by atoms with E-state index in [0.29, 0.717) is 53.7 Å². The number of aryl methyl sites for hydroxylation is 1. The second-order valence-corrected chi connectivity index (χ2v) is 11.8.